The van der Waals surface area contributed by atoms with Gasteiger partial charge in [-0.15, -0.1) is 0 Å². The molecule has 1 unspecified atom stereocenters. The minimum atomic E-state index is 0.508. The molecule has 0 rings (SSSR count). The first kappa shape index (κ1) is 12.5. The SMILES string of the molecule is CC(C)=NNC(C)CCCC(C)C. The molecule has 0 aliphatic heterocycles. The first-order valence-corrected chi connectivity index (χ1v) is 5.28. The fourth-order valence-corrected chi connectivity index (χ4v) is 1.14. The van der Waals surface area contributed by atoms with Crippen LogP contribution in [0, 0.1) is 5.92 Å². The summed E-state index contributed by atoms with van der Waals surface area (Å²) in [6.45, 7) is 10.7. The lowest BCUT2D eigenvalue weighted by molar-refractivity contribution is 0.466. The van der Waals surface area contributed by atoms with Gasteiger partial charge in [0.05, 0.1) is 0 Å². The monoisotopic (exact) mass is 184 g/mol. The number of hydrazone groups is 1. The highest BCUT2D eigenvalue weighted by Crippen LogP contribution is 2.07. The molecule has 0 aromatic carbocycles. The summed E-state index contributed by atoms with van der Waals surface area (Å²) in [5, 5.41) is 4.19. The Morgan fingerprint density at radius 3 is 2.23 bits per heavy atom. The van der Waals surface area contributed by atoms with Gasteiger partial charge in [0.1, 0.15) is 0 Å². The first-order chi connectivity index (χ1) is 6.02. The minimum absolute atomic E-state index is 0.508. The maximum Gasteiger partial charge on any atom is 0.0412 e. The molecular formula is C11H24N2. The lowest BCUT2D eigenvalue weighted by Gasteiger charge is -2.11. The summed E-state index contributed by atoms with van der Waals surface area (Å²) in [7, 11) is 0. The van der Waals surface area contributed by atoms with Crippen LogP contribution in [0.25, 0.3) is 0 Å². The van der Waals surface area contributed by atoms with E-state index in [2.05, 4.69) is 31.3 Å². The van der Waals surface area contributed by atoms with Crippen molar-refractivity contribution < 1.29 is 0 Å². The number of nitrogens with zero attached hydrogens (tertiary/aromatic N) is 1. The Kier molecular flexibility index (Phi) is 6.65. The second kappa shape index (κ2) is 6.93. The molecule has 13 heavy (non-hydrogen) atoms. The van der Waals surface area contributed by atoms with Crippen molar-refractivity contribution in [2.45, 2.75) is 59.9 Å². The van der Waals surface area contributed by atoms with Crippen LogP contribution in [0.1, 0.15) is 53.9 Å². The van der Waals surface area contributed by atoms with E-state index in [1.54, 1.807) is 0 Å². The zero-order valence-corrected chi connectivity index (χ0v) is 9.72. The van der Waals surface area contributed by atoms with Crippen molar-refractivity contribution >= 4 is 5.71 Å². The topological polar surface area (TPSA) is 24.4 Å². The minimum Gasteiger partial charge on any atom is -0.307 e. The Morgan fingerprint density at radius 1 is 1.15 bits per heavy atom. The van der Waals surface area contributed by atoms with Crippen LogP contribution in [0.15, 0.2) is 5.10 Å². The van der Waals surface area contributed by atoms with Gasteiger partial charge >= 0.3 is 0 Å². The van der Waals surface area contributed by atoms with E-state index in [-0.39, 0.29) is 0 Å². The summed E-state index contributed by atoms with van der Waals surface area (Å²) >= 11 is 0. The van der Waals surface area contributed by atoms with Crippen molar-refractivity contribution in [1.82, 2.24) is 5.43 Å². The molecule has 0 heterocycles. The molecule has 0 fully saturated rings. The molecule has 2 nitrogen and oxygen atoms in total. The predicted molar refractivity (Wildman–Crippen MR) is 60.1 cm³/mol. The van der Waals surface area contributed by atoms with Gasteiger partial charge in [0.25, 0.3) is 0 Å². The number of nitrogens with one attached hydrogen (secondary N) is 1. The average molecular weight is 184 g/mol. The molecule has 1 atom stereocenters. The Bertz CT molecular complexity index is 146. The van der Waals surface area contributed by atoms with Gasteiger partial charge in [-0.05, 0) is 33.1 Å². The largest absolute Gasteiger partial charge is 0.307 e. The van der Waals surface area contributed by atoms with Gasteiger partial charge in [0.2, 0.25) is 0 Å². The molecule has 0 aliphatic carbocycles. The van der Waals surface area contributed by atoms with Crippen molar-refractivity contribution in [3.63, 3.8) is 0 Å². The lowest BCUT2D eigenvalue weighted by Crippen LogP contribution is -2.21. The van der Waals surface area contributed by atoms with Crippen LogP contribution in [-0.4, -0.2) is 11.8 Å². The van der Waals surface area contributed by atoms with Crippen LogP contribution in [0.3, 0.4) is 0 Å². The van der Waals surface area contributed by atoms with Gasteiger partial charge < -0.3 is 5.43 Å². The Labute approximate surface area is 82.8 Å². The fourth-order valence-electron chi connectivity index (χ4n) is 1.14. The summed E-state index contributed by atoms with van der Waals surface area (Å²) in [6.07, 6.45) is 3.83. The molecule has 0 aromatic rings. The van der Waals surface area contributed by atoms with E-state index in [9.17, 15) is 0 Å². The molecule has 0 spiro atoms. The predicted octanol–water partition coefficient (Wildman–Crippen LogP) is 3.19. The van der Waals surface area contributed by atoms with E-state index < -0.39 is 0 Å². The highest BCUT2D eigenvalue weighted by Gasteiger charge is 2.00. The standard InChI is InChI=1S/C11H24N2/c1-9(2)7-6-8-11(5)13-12-10(3)4/h9,11,13H,6-8H2,1-5H3. The molecule has 0 radical (unpaired) electrons. The second-order valence-corrected chi connectivity index (χ2v) is 4.41. The van der Waals surface area contributed by atoms with Gasteiger partial charge in [-0.3, -0.25) is 0 Å². The molecule has 0 aromatic heterocycles. The molecule has 0 saturated heterocycles. The third-order valence-electron chi connectivity index (χ3n) is 1.93. The number of rotatable bonds is 6. The van der Waals surface area contributed by atoms with Crippen LogP contribution in [-0.2, 0) is 0 Å². The quantitative estimate of drug-likeness (QED) is 0.497. The van der Waals surface area contributed by atoms with Gasteiger partial charge in [-0.2, -0.15) is 5.10 Å². The summed E-state index contributed by atoms with van der Waals surface area (Å²) in [5.74, 6) is 0.823. The van der Waals surface area contributed by atoms with E-state index in [0.29, 0.717) is 6.04 Å². The van der Waals surface area contributed by atoms with Gasteiger partial charge in [-0.25, -0.2) is 0 Å². The van der Waals surface area contributed by atoms with Crippen molar-refractivity contribution in [2.24, 2.45) is 11.0 Å². The Balaban J connectivity index is 3.41. The summed E-state index contributed by atoms with van der Waals surface area (Å²) in [6, 6.07) is 0.508. The Hall–Kier alpha value is -0.530. The zero-order valence-electron chi connectivity index (χ0n) is 9.72. The molecular weight excluding hydrogens is 160 g/mol. The lowest BCUT2D eigenvalue weighted by atomic mass is 10.0. The van der Waals surface area contributed by atoms with E-state index in [0.717, 1.165) is 11.6 Å². The first-order valence-electron chi connectivity index (χ1n) is 5.28. The molecule has 2 heteroatoms. The van der Waals surface area contributed by atoms with E-state index in [1.165, 1.54) is 19.3 Å². The van der Waals surface area contributed by atoms with E-state index in [4.69, 9.17) is 0 Å². The van der Waals surface area contributed by atoms with Crippen LogP contribution in [0.5, 0.6) is 0 Å². The summed E-state index contributed by atoms with van der Waals surface area (Å²) in [4.78, 5) is 0. The third kappa shape index (κ3) is 9.38. The number of hydrogen-bond donors (Lipinski definition) is 1. The second-order valence-electron chi connectivity index (χ2n) is 4.41. The van der Waals surface area contributed by atoms with Crippen LogP contribution in [0.4, 0.5) is 0 Å². The highest BCUT2D eigenvalue weighted by molar-refractivity contribution is 5.78. The molecule has 1 N–H and O–H groups in total. The summed E-state index contributed by atoms with van der Waals surface area (Å²) in [5.41, 5.74) is 4.24. The van der Waals surface area contributed by atoms with Crippen molar-refractivity contribution in [2.75, 3.05) is 0 Å². The zero-order chi connectivity index (χ0) is 10.3. The normalized spacial score (nSPS) is 12.8. The molecule has 0 amide bonds. The highest BCUT2D eigenvalue weighted by atomic mass is 15.3. The smallest absolute Gasteiger partial charge is 0.0412 e. The van der Waals surface area contributed by atoms with E-state index in [1.807, 2.05) is 13.8 Å². The van der Waals surface area contributed by atoms with Crippen LogP contribution in [0.2, 0.25) is 0 Å². The van der Waals surface area contributed by atoms with Crippen molar-refractivity contribution in [1.29, 1.82) is 0 Å². The van der Waals surface area contributed by atoms with Crippen LogP contribution >= 0.6 is 0 Å². The average Bonchev–Trinajstić information content (AvgIpc) is 2.00. The number of hydrogen-bond acceptors (Lipinski definition) is 2. The molecule has 0 aliphatic rings. The van der Waals surface area contributed by atoms with Gasteiger partial charge in [0, 0.05) is 11.8 Å². The third-order valence-corrected chi connectivity index (χ3v) is 1.93. The van der Waals surface area contributed by atoms with Gasteiger partial charge in [0.15, 0.2) is 0 Å². The summed E-state index contributed by atoms with van der Waals surface area (Å²) < 4.78 is 0. The Morgan fingerprint density at radius 2 is 1.77 bits per heavy atom. The van der Waals surface area contributed by atoms with E-state index >= 15 is 0 Å². The maximum absolute atomic E-state index is 4.19. The maximum atomic E-state index is 4.19. The van der Waals surface area contributed by atoms with Crippen molar-refractivity contribution in [3.8, 4) is 0 Å². The molecule has 78 valence electrons. The van der Waals surface area contributed by atoms with Gasteiger partial charge in [-0.1, -0.05) is 26.7 Å². The van der Waals surface area contributed by atoms with Crippen molar-refractivity contribution in [3.05, 3.63) is 0 Å². The fraction of sp³-hybridized carbons (Fsp3) is 0.909. The molecule has 0 saturated carbocycles. The van der Waals surface area contributed by atoms with Crippen LogP contribution < -0.4 is 5.43 Å². The molecule has 0 bridgehead atoms.